The molecule has 17 heavy (non-hydrogen) atoms. The van der Waals surface area contributed by atoms with Crippen molar-refractivity contribution in [2.75, 3.05) is 0 Å². The van der Waals surface area contributed by atoms with Crippen molar-refractivity contribution < 1.29 is 9.25 Å². The molecule has 2 rings (SSSR count). The second-order valence-electron chi connectivity index (χ2n) is 3.33. The second kappa shape index (κ2) is 5.52. The molecular weight excluding hydrogens is 216 g/mol. The second-order valence-corrected chi connectivity index (χ2v) is 3.33. The largest absolute Gasteiger partial charge is 0.463 e. The van der Waals surface area contributed by atoms with Gasteiger partial charge in [-0.1, -0.05) is 17.3 Å². The smallest absolute Gasteiger partial charge is 0.148 e. The Bertz CT molecular complexity index is 522. The Balaban J connectivity index is 1.84. The van der Waals surface area contributed by atoms with Crippen LogP contribution in [-0.2, 0) is 11.4 Å². The zero-order valence-electron chi connectivity index (χ0n) is 9.04. The number of nitriles is 1. The van der Waals surface area contributed by atoms with E-state index in [1.165, 1.54) is 6.21 Å². The van der Waals surface area contributed by atoms with E-state index in [0.717, 1.165) is 5.56 Å². The molecule has 0 amide bonds. The summed E-state index contributed by atoms with van der Waals surface area (Å²) in [5, 5.41) is 12.4. The van der Waals surface area contributed by atoms with Gasteiger partial charge in [0, 0.05) is 0 Å². The van der Waals surface area contributed by atoms with Gasteiger partial charge in [-0.3, -0.25) is 0 Å². The summed E-state index contributed by atoms with van der Waals surface area (Å²) < 4.78 is 5.05. The molecule has 4 nitrogen and oxygen atoms in total. The summed E-state index contributed by atoms with van der Waals surface area (Å²) in [4.78, 5) is 5.09. The first-order valence-electron chi connectivity index (χ1n) is 5.06. The minimum Gasteiger partial charge on any atom is -0.463 e. The fourth-order valence-corrected chi connectivity index (χ4v) is 1.24. The van der Waals surface area contributed by atoms with Crippen molar-refractivity contribution in [3.8, 4) is 6.07 Å². The van der Waals surface area contributed by atoms with Crippen LogP contribution in [-0.4, -0.2) is 6.21 Å². The van der Waals surface area contributed by atoms with Crippen molar-refractivity contribution in [1.82, 2.24) is 0 Å². The lowest BCUT2D eigenvalue weighted by molar-refractivity contribution is 0.132. The topological polar surface area (TPSA) is 58.5 Å². The van der Waals surface area contributed by atoms with Gasteiger partial charge in [0.2, 0.25) is 0 Å². The minimum absolute atomic E-state index is 0.364. The Hall–Kier alpha value is -2.54. The fourth-order valence-electron chi connectivity index (χ4n) is 1.24. The Labute approximate surface area is 98.7 Å². The lowest BCUT2D eigenvalue weighted by Crippen LogP contribution is -1.88. The molecule has 0 aliphatic heterocycles. The molecule has 1 aromatic carbocycles. The van der Waals surface area contributed by atoms with Crippen molar-refractivity contribution in [3.05, 3.63) is 59.5 Å². The molecule has 0 fully saturated rings. The third-order valence-corrected chi connectivity index (χ3v) is 2.11. The van der Waals surface area contributed by atoms with Crippen molar-refractivity contribution in [2.24, 2.45) is 5.16 Å². The van der Waals surface area contributed by atoms with Crippen LogP contribution in [0.1, 0.15) is 16.9 Å². The molecule has 4 heteroatoms. The average molecular weight is 226 g/mol. The molecule has 1 heterocycles. The van der Waals surface area contributed by atoms with Gasteiger partial charge in [-0.05, 0) is 29.8 Å². The van der Waals surface area contributed by atoms with Crippen LogP contribution in [0.5, 0.6) is 0 Å². The molecule has 0 aliphatic carbocycles. The Morgan fingerprint density at radius 2 is 2.12 bits per heavy atom. The van der Waals surface area contributed by atoms with Crippen LogP contribution in [0.15, 0.2) is 52.2 Å². The number of nitrogens with zero attached hydrogens (tertiary/aromatic N) is 2. The van der Waals surface area contributed by atoms with Gasteiger partial charge in [-0.15, -0.1) is 0 Å². The average Bonchev–Trinajstić information content (AvgIpc) is 2.88. The van der Waals surface area contributed by atoms with Gasteiger partial charge in [-0.2, -0.15) is 5.26 Å². The van der Waals surface area contributed by atoms with Gasteiger partial charge in [0.15, 0.2) is 0 Å². The summed E-state index contributed by atoms with van der Waals surface area (Å²) in [7, 11) is 0. The first-order valence-corrected chi connectivity index (χ1v) is 5.06. The highest BCUT2D eigenvalue weighted by Gasteiger charge is 1.94. The van der Waals surface area contributed by atoms with Crippen LogP contribution in [0.4, 0.5) is 0 Å². The predicted octanol–water partition coefficient (Wildman–Crippen LogP) is 2.70. The third-order valence-electron chi connectivity index (χ3n) is 2.11. The van der Waals surface area contributed by atoms with Gasteiger partial charge in [-0.25, -0.2) is 0 Å². The van der Waals surface area contributed by atoms with Crippen LogP contribution < -0.4 is 0 Å². The summed E-state index contributed by atoms with van der Waals surface area (Å²) in [5.74, 6) is 0.643. The molecule has 0 unspecified atom stereocenters. The summed E-state index contributed by atoms with van der Waals surface area (Å²) in [6.45, 7) is 0.364. The van der Waals surface area contributed by atoms with E-state index in [4.69, 9.17) is 14.5 Å². The lowest BCUT2D eigenvalue weighted by atomic mass is 10.2. The van der Waals surface area contributed by atoms with Crippen LogP contribution in [0.2, 0.25) is 0 Å². The number of hydrogen-bond donors (Lipinski definition) is 0. The summed E-state index contributed by atoms with van der Waals surface area (Å²) in [5.41, 5.74) is 1.59. The minimum atomic E-state index is 0.364. The number of benzene rings is 1. The van der Waals surface area contributed by atoms with E-state index in [1.54, 1.807) is 30.5 Å². The summed E-state index contributed by atoms with van der Waals surface area (Å²) in [6.07, 6.45) is 3.08. The van der Waals surface area contributed by atoms with Crippen molar-refractivity contribution in [3.63, 3.8) is 0 Å². The van der Waals surface area contributed by atoms with Gasteiger partial charge in [0.25, 0.3) is 0 Å². The maximum atomic E-state index is 8.63. The third kappa shape index (κ3) is 3.21. The molecule has 0 radical (unpaired) electrons. The van der Waals surface area contributed by atoms with Crippen LogP contribution >= 0.6 is 0 Å². The number of oxime groups is 1. The van der Waals surface area contributed by atoms with Gasteiger partial charge < -0.3 is 9.25 Å². The van der Waals surface area contributed by atoms with E-state index >= 15 is 0 Å². The Kier molecular flexibility index (Phi) is 3.56. The number of rotatable bonds is 4. The Morgan fingerprint density at radius 1 is 1.29 bits per heavy atom. The van der Waals surface area contributed by atoms with E-state index in [2.05, 4.69) is 11.2 Å². The van der Waals surface area contributed by atoms with Crippen LogP contribution in [0, 0.1) is 11.3 Å². The molecular formula is C13H10N2O2. The maximum absolute atomic E-state index is 8.63. The number of furan rings is 1. The highest BCUT2D eigenvalue weighted by Crippen LogP contribution is 2.05. The van der Waals surface area contributed by atoms with E-state index < -0.39 is 0 Å². The normalized spacial score (nSPS) is 10.3. The molecule has 0 atom stereocenters. The molecule has 2 aromatic rings. The molecule has 1 aromatic heterocycles. The molecule has 0 N–H and O–H groups in total. The highest BCUT2D eigenvalue weighted by atomic mass is 16.6. The molecule has 0 bridgehead atoms. The molecule has 0 aliphatic rings. The van der Waals surface area contributed by atoms with Crippen molar-refractivity contribution in [1.29, 1.82) is 5.26 Å². The first-order chi connectivity index (χ1) is 8.38. The van der Waals surface area contributed by atoms with Gasteiger partial charge in [0.1, 0.15) is 18.6 Å². The monoisotopic (exact) mass is 226 g/mol. The fraction of sp³-hybridized carbons (Fsp3) is 0.0769. The van der Waals surface area contributed by atoms with E-state index in [1.807, 2.05) is 12.1 Å². The molecule has 0 saturated heterocycles. The first kappa shape index (κ1) is 11.0. The zero-order valence-corrected chi connectivity index (χ0v) is 9.04. The maximum Gasteiger partial charge on any atom is 0.148 e. The molecule has 84 valence electrons. The van der Waals surface area contributed by atoms with Gasteiger partial charge >= 0.3 is 0 Å². The molecule has 0 saturated carbocycles. The van der Waals surface area contributed by atoms with Crippen LogP contribution in [0.3, 0.4) is 0 Å². The SMILES string of the molecule is N#Cc1ccc(CON=Cc2ccco2)cc1. The molecule has 0 spiro atoms. The van der Waals surface area contributed by atoms with Gasteiger partial charge in [0.05, 0.1) is 17.9 Å². The summed E-state index contributed by atoms with van der Waals surface area (Å²) in [6, 6.07) is 12.8. The Morgan fingerprint density at radius 3 is 2.76 bits per heavy atom. The number of hydrogen-bond acceptors (Lipinski definition) is 4. The lowest BCUT2D eigenvalue weighted by Gasteiger charge is -1.98. The highest BCUT2D eigenvalue weighted by molar-refractivity contribution is 5.74. The van der Waals surface area contributed by atoms with Crippen molar-refractivity contribution in [2.45, 2.75) is 6.61 Å². The van der Waals surface area contributed by atoms with E-state index in [9.17, 15) is 0 Å². The standard InChI is InChI=1S/C13H10N2O2/c14-8-11-3-5-12(6-4-11)10-17-15-9-13-2-1-7-16-13/h1-7,9H,10H2. The summed E-state index contributed by atoms with van der Waals surface area (Å²) >= 11 is 0. The quantitative estimate of drug-likeness (QED) is 0.594. The van der Waals surface area contributed by atoms with E-state index in [-0.39, 0.29) is 0 Å². The zero-order chi connectivity index (χ0) is 11.9. The van der Waals surface area contributed by atoms with E-state index in [0.29, 0.717) is 17.9 Å². The predicted molar refractivity (Wildman–Crippen MR) is 62.2 cm³/mol. The van der Waals surface area contributed by atoms with Crippen LogP contribution in [0.25, 0.3) is 0 Å². The van der Waals surface area contributed by atoms with Crippen molar-refractivity contribution >= 4 is 6.21 Å².